The minimum Gasteiger partial charge on any atom is -0.0885 e. The number of hydrogen-bond acceptors (Lipinski definition) is 0. The molecule has 0 heteroatoms. The lowest BCUT2D eigenvalue weighted by atomic mass is 9.71. The zero-order chi connectivity index (χ0) is 33.8. The smallest absolute Gasteiger partial charge is 0.0326 e. The van der Waals surface area contributed by atoms with Crippen LogP contribution in [0.3, 0.4) is 0 Å². The Hall–Kier alpha value is -0.520. The first kappa shape index (κ1) is 45.5. The van der Waals surface area contributed by atoms with E-state index in [0.717, 1.165) is 11.8 Å². The maximum atomic E-state index is 2.56. The van der Waals surface area contributed by atoms with Crippen molar-refractivity contribution in [2.45, 2.75) is 253 Å². The molecular weight excluding hydrogens is 553 g/mol. The second kappa shape index (κ2) is 35.8. The quantitative estimate of drug-likeness (QED) is 0.0467. The minimum absolute atomic E-state index is 0.491. The summed E-state index contributed by atoms with van der Waals surface area (Å²) in [4.78, 5) is 0. The van der Waals surface area contributed by atoms with Gasteiger partial charge in [-0.1, -0.05) is 220 Å². The number of hydrogen-bond donors (Lipinski definition) is 0. The molecule has 0 heterocycles. The van der Waals surface area contributed by atoms with Crippen molar-refractivity contribution in [3.05, 3.63) is 24.3 Å². The van der Waals surface area contributed by atoms with E-state index in [1.165, 1.54) is 212 Å². The molecule has 0 fully saturated rings. The second-order valence-corrected chi connectivity index (χ2v) is 16.4. The van der Waals surface area contributed by atoms with Gasteiger partial charge in [0.05, 0.1) is 0 Å². The van der Waals surface area contributed by atoms with Crippen LogP contribution >= 0.6 is 0 Å². The zero-order valence-corrected chi connectivity index (χ0v) is 33.3. The van der Waals surface area contributed by atoms with Crippen LogP contribution in [0.15, 0.2) is 24.3 Å². The van der Waals surface area contributed by atoms with E-state index < -0.39 is 0 Å². The van der Waals surface area contributed by atoms with E-state index in [4.69, 9.17) is 0 Å². The molecule has 0 amide bonds. The highest BCUT2D eigenvalue weighted by molar-refractivity contribution is 4.82. The van der Waals surface area contributed by atoms with Crippen molar-refractivity contribution in [2.75, 3.05) is 0 Å². The van der Waals surface area contributed by atoms with Gasteiger partial charge in [0.15, 0.2) is 0 Å². The Labute approximate surface area is 294 Å². The summed E-state index contributed by atoms with van der Waals surface area (Å²) in [6, 6.07) is 0. The summed E-state index contributed by atoms with van der Waals surface area (Å²) in [5, 5.41) is 0. The van der Waals surface area contributed by atoms with Crippen LogP contribution in [0.25, 0.3) is 0 Å². The first-order valence-corrected chi connectivity index (χ1v) is 21.7. The molecule has 0 spiro atoms. The van der Waals surface area contributed by atoms with Gasteiger partial charge in [0.2, 0.25) is 0 Å². The van der Waals surface area contributed by atoms with Crippen molar-refractivity contribution in [3.63, 3.8) is 0 Å². The molecule has 0 nitrogen and oxygen atoms in total. The number of unbranched alkanes of at least 4 members (excludes halogenated alkanes) is 26. The molecule has 274 valence electrons. The van der Waals surface area contributed by atoms with Crippen LogP contribution in [-0.4, -0.2) is 0 Å². The lowest BCUT2D eigenvalue weighted by Crippen LogP contribution is -2.24. The highest BCUT2D eigenvalue weighted by Crippen LogP contribution is 2.38. The van der Waals surface area contributed by atoms with Gasteiger partial charge in [0.1, 0.15) is 0 Å². The van der Waals surface area contributed by atoms with E-state index in [9.17, 15) is 0 Å². The highest BCUT2D eigenvalue weighted by atomic mass is 14.3. The predicted octanol–water partition coefficient (Wildman–Crippen LogP) is 17.3. The fourth-order valence-electron chi connectivity index (χ4n) is 7.38. The van der Waals surface area contributed by atoms with Crippen LogP contribution in [0.2, 0.25) is 0 Å². The summed E-state index contributed by atoms with van der Waals surface area (Å²) in [5.41, 5.74) is 0.491. The van der Waals surface area contributed by atoms with Gasteiger partial charge in [0.25, 0.3) is 0 Å². The second-order valence-electron chi connectivity index (χ2n) is 16.4. The van der Waals surface area contributed by atoms with Crippen molar-refractivity contribution in [2.24, 2.45) is 17.3 Å². The van der Waals surface area contributed by atoms with E-state index in [1.807, 2.05) is 0 Å². The standard InChI is InChI=1S/C46H90/c1-7-9-11-13-15-17-19-21-23-25-27-29-31-33-35-37-39-41-44(3)43-46(5,6)45(4)42-40-38-36-34-32-30-28-26-24-22-20-18-16-14-12-10-8-2/h21-24,44-45H,7-20,25-43H2,1-6H3/b23-21-,24-22-. The fraction of sp³-hybridized carbons (Fsp3) is 0.913. The summed E-state index contributed by atoms with van der Waals surface area (Å²) in [5.74, 6) is 1.73. The number of allylic oxidation sites excluding steroid dienone is 4. The van der Waals surface area contributed by atoms with Gasteiger partial charge in [0, 0.05) is 0 Å². The molecule has 2 unspecified atom stereocenters. The van der Waals surface area contributed by atoms with Gasteiger partial charge in [-0.25, -0.2) is 0 Å². The van der Waals surface area contributed by atoms with Crippen LogP contribution in [0.1, 0.15) is 253 Å². The van der Waals surface area contributed by atoms with E-state index in [2.05, 4.69) is 65.8 Å². The van der Waals surface area contributed by atoms with E-state index in [0.29, 0.717) is 5.41 Å². The van der Waals surface area contributed by atoms with Gasteiger partial charge in [-0.2, -0.15) is 0 Å². The SMILES string of the molecule is CCCCCCCC/C=C\CCCCCCCCCC(C)CC(C)(C)C(C)CCCCCCCCC/C=C\CCCCCCCC. The molecule has 0 bridgehead atoms. The maximum Gasteiger partial charge on any atom is -0.0326 e. The Morgan fingerprint density at radius 1 is 0.370 bits per heavy atom. The first-order chi connectivity index (χ1) is 22.4. The summed E-state index contributed by atoms with van der Waals surface area (Å²) in [6.07, 6.45) is 56.4. The summed E-state index contributed by atoms with van der Waals surface area (Å²) in [6.45, 7) is 14.8. The molecule has 0 aliphatic carbocycles. The average molecular weight is 643 g/mol. The van der Waals surface area contributed by atoms with Crippen LogP contribution in [-0.2, 0) is 0 Å². The van der Waals surface area contributed by atoms with Gasteiger partial charge in [-0.15, -0.1) is 0 Å². The molecule has 0 rings (SSSR count). The Morgan fingerprint density at radius 3 is 1.00 bits per heavy atom. The fourth-order valence-corrected chi connectivity index (χ4v) is 7.38. The third-order valence-corrected chi connectivity index (χ3v) is 11.1. The van der Waals surface area contributed by atoms with Crippen molar-refractivity contribution in [1.82, 2.24) is 0 Å². The molecule has 0 aromatic carbocycles. The average Bonchev–Trinajstić information content (AvgIpc) is 3.03. The molecule has 0 aromatic heterocycles. The molecule has 0 aliphatic heterocycles. The van der Waals surface area contributed by atoms with E-state index in [1.54, 1.807) is 0 Å². The van der Waals surface area contributed by atoms with Crippen LogP contribution < -0.4 is 0 Å². The third-order valence-electron chi connectivity index (χ3n) is 11.1. The molecule has 0 aliphatic rings. The van der Waals surface area contributed by atoms with E-state index >= 15 is 0 Å². The van der Waals surface area contributed by atoms with Crippen LogP contribution in [0, 0.1) is 17.3 Å². The van der Waals surface area contributed by atoms with Crippen molar-refractivity contribution in [3.8, 4) is 0 Å². The van der Waals surface area contributed by atoms with E-state index in [-0.39, 0.29) is 0 Å². The zero-order valence-electron chi connectivity index (χ0n) is 33.3. The van der Waals surface area contributed by atoms with Crippen LogP contribution in [0.4, 0.5) is 0 Å². The lowest BCUT2D eigenvalue weighted by Gasteiger charge is -2.34. The van der Waals surface area contributed by atoms with Crippen molar-refractivity contribution >= 4 is 0 Å². The first-order valence-electron chi connectivity index (χ1n) is 21.7. The predicted molar refractivity (Wildman–Crippen MR) is 214 cm³/mol. The Balaban J connectivity index is 3.56. The molecule has 0 saturated heterocycles. The largest absolute Gasteiger partial charge is 0.0885 e. The number of rotatable bonds is 37. The molecular formula is C46H90. The van der Waals surface area contributed by atoms with Crippen molar-refractivity contribution < 1.29 is 0 Å². The molecule has 0 N–H and O–H groups in total. The summed E-state index contributed by atoms with van der Waals surface area (Å²) >= 11 is 0. The Morgan fingerprint density at radius 2 is 0.652 bits per heavy atom. The molecule has 2 atom stereocenters. The minimum atomic E-state index is 0.491. The van der Waals surface area contributed by atoms with Gasteiger partial charge in [-0.05, 0) is 75.0 Å². The third kappa shape index (κ3) is 33.4. The molecule has 0 radical (unpaired) electrons. The normalized spacial score (nSPS) is 13.8. The van der Waals surface area contributed by atoms with Gasteiger partial charge >= 0.3 is 0 Å². The highest BCUT2D eigenvalue weighted by Gasteiger charge is 2.27. The molecule has 0 saturated carbocycles. The van der Waals surface area contributed by atoms with Crippen LogP contribution in [0.5, 0.6) is 0 Å². The molecule has 46 heavy (non-hydrogen) atoms. The summed E-state index contributed by atoms with van der Waals surface area (Å²) < 4.78 is 0. The lowest BCUT2D eigenvalue weighted by molar-refractivity contribution is 0.162. The Kier molecular flexibility index (Phi) is 35.4. The summed E-state index contributed by atoms with van der Waals surface area (Å²) in [7, 11) is 0. The Bertz CT molecular complexity index is 624. The topological polar surface area (TPSA) is 0 Å². The van der Waals surface area contributed by atoms with Gasteiger partial charge < -0.3 is 0 Å². The maximum absolute atomic E-state index is 2.56. The van der Waals surface area contributed by atoms with Crippen molar-refractivity contribution in [1.29, 1.82) is 0 Å². The monoisotopic (exact) mass is 643 g/mol. The van der Waals surface area contributed by atoms with Gasteiger partial charge in [-0.3, -0.25) is 0 Å². The molecule has 0 aromatic rings.